The Morgan fingerprint density at radius 2 is 1.71 bits per heavy atom. The Bertz CT molecular complexity index is 1800. The van der Waals surface area contributed by atoms with E-state index in [9.17, 15) is 0 Å². The van der Waals surface area contributed by atoms with Crippen molar-refractivity contribution in [3.05, 3.63) is 78.2 Å². The molecule has 5 aliphatic rings. The van der Waals surface area contributed by atoms with E-state index >= 15 is 0 Å². The van der Waals surface area contributed by atoms with Gasteiger partial charge in [0.25, 0.3) is 8.32 Å². The number of halogens is 1. The summed E-state index contributed by atoms with van der Waals surface area (Å²) in [4.78, 5) is 9.76. The number of ether oxygens (including phenoxy) is 2. The van der Waals surface area contributed by atoms with E-state index in [1.165, 1.54) is 36.1 Å². The Kier molecular flexibility index (Phi) is 7.08. The third-order valence-electron chi connectivity index (χ3n) is 12.5. The van der Waals surface area contributed by atoms with Crippen LogP contribution in [0.2, 0.25) is 10.2 Å². The van der Waals surface area contributed by atoms with Gasteiger partial charge in [0.05, 0.1) is 24.0 Å². The first-order valence-electron chi connectivity index (χ1n) is 17.9. The fraction of sp³-hybridized carbons (Fsp3) is 0.538. The summed E-state index contributed by atoms with van der Waals surface area (Å²) in [6, 6.07) is 24.3. The normalized spacial score (nSPS) is 33.2. The van der Waals surface area contributed by atoms with E-state index in [2.05, 4.69) is 91.3 Å². The summed E-state index contributed by atoms with van der Waals surface area (Å²) in [5.74, 6) is 2.01. The number of fused-ring (bicyclic) bond motifs is 6. The lowest BCUT2D eigenvalue weighted by molar-refractivity contribution is -0.162. The molecule has 0 radical (unpaired) electrons. The first-order chi connectivity index (χ1) is 23.0. The zero-order valence-corrected chi connectivity index (χ0v) is 30.4. The summed E-state index contributed by atoms with van der Waals surface area (Å²) in [5, 5.41) is 6.77. The molecule has 4 aromatic rings. The molecule has 2 bridgehead atoms. The highest BCUT2D eigenvalue weighted by Crippen LogP contribution is 2.72. The molecule has 1 saturated heterocycles. The standard InChI is InChI=1S/C39H47ClN4O3Si/c1-37(2,3)48(26-12-8-6-9-13-26,27-14-10-7-11-15-27)45-22-39-21-28(39)33(34-35(39)47-38(4,5)46-34)44-23-41-32-30(44)20-31(40)43-36(32)42-29-19-24-16-17-25(29)18-24/h6-15,20,23-25,28-29,33-35H,16-19,21-22H2,1-5H3,(H,42,43)/t24-,25+,28+,29-,33+,34-,35-,39-/m0/s1. The SMILES string of the molecule is CC1(C)O[C@H]2[C@H](n3cnc4c(N[C@H]5C[C@H]6CC[C@@H]5C6)nc(Cl)cc43)[C@H]3C[C@@]3(CO[Si](c3ccccc3)(c3ccccc3)C(C)(C)C)[C@H]2O1. The second kappa shape index (κ2) is 10.9. The van der Waals surface area contributed by atoms with Crippen molar-refractivity contribution in [2.75, 3.05) is 11.9 Å². The number of pyridine rings is 1. The number of aromatic nitrogens is 3. The van der Waals surface area contributed by atoms with Gasteiger partial charge in [-0.3, -0.25) is 0 Å². The predicted molar refractivity (Wildman–Crippen MR) is 192 cm³/mol. The van der Waals surface area contributed by atoms with E-state index in [0.717, 1.165) is 35.1 Å². The number of nitrogens with zero attached hydrogens (tertiary/aromatic N) is 3. The quantitative estimate of drug-likeness (QED) is 0.155. The van der Waals surface area contributed by atoms with Gasteiger partial charge in [0, 0.05) is 24.1 Å². The third kappa shape index (κ3) is 4.69. The van der Waals surface area contributed by atoms with Crippen LogP contribution in [0.15, 0.2) is 73.1 Å². The summed E-state index contributed by atoms with van der Waals surface area (Å²) >= 11 is 6.75. The van der Waals surface area contributed by atoms with E-state index in [1.54, 1.807) is 0 Å². The lowest BCUT2D eigenvalue weighted by Gasteiger charge is -2.44. The largest absolute Gasteiger partial charge is 0.407 e. The molecule has 0 unspecified atom stereocenters. The number of hydrogen-bond donors (Lipinski definition) is 1. The van der Waals surface area contributed by atoms with Gasteiger partial charge in [-0.1, -0.05) is 99.5 Å². The maximum absolute atomic E-state index is 7.60. The number of nitrogens with one attached hydrogen (secondary N) is 1. The predicted octanol–water partition coefficient (Wildman–Crippen LogP) is 7.34. The first kappa shape index (κ1) is 31.2. The van der Waals surface area contributed by atoms with E-state index in [4.69, 9.17) is 35.5 Å². The van der Waals surface area contributed by atoms with Crippen LogP contribution in [0.25, 0.3) is 11.0 Å². The molecule has 3 heterocycles. The van der Waals surface area contributed by atoms with Crippen LogP contribution in [0, 0.1) is 23.2 Å². The van der Waals surface area contributed by atoms with Gasteiger partial charge in [0.1, 0.15) is 16.8 Å². The minimum atomic E-state index is -2.74. The highest BCUT2D eigenvalue weighted by Gasteiger charge is 2.76. The maximum atomic E-state index is 7.60. The molecule has 0 spiro atoms. The molecule has 1 aliphatic heterocycles. The summed E-state index contributed by atoms with van der Waals surface area (Å²) in [6.45, 7) is 11.7. The van der Waals surface area contributed by atoms with Crippen molar-refractivity contribution in [3.63, 3.8) is 0 Å². The Balaban J connectivity index is 1.08. The molecular formula is C39H47ClN4O3Si. The average Bonchev–Trinajstić information content (AvgIpc) is 3.56. The van der Waals surface area contributed by atoms with Crippen LogP contribution in [0.5, 0.6) is 0 Å². The molecular weight excluding hydrogens is 636 g/mol. The van der Waals surface area contributed by atoms with Gasteiger partial charge in [-0.15, -0.1) is 0 Å². The van der Waals surface area contributed by atoms with Crippen molar-refractivity contribution in [1.29, 1.82) is 0 Å². The number of anilines is 1. The van der Waals surface area contributed by atoms with Gasteiger partial charge in [0.15, 0.2) is 11.6 Å². The number of hydrogen-bond acceptors (Lipinski definition) is 6. The zero-order chi connectivity index (χ0) is 33.1. The van der Waals surface area contributed by atoms with E-state index in [1.807, 2.05) is 26.2 Å². The van der Waals surface area contributed by atoms with E-state index in [-0.39, 0.29) is 28.7 Å². The van der Waals surface area contributed by atoms with Crippen LogP contribution in [0.4, 0.5) is 5.82 Å². The average molecular weight is 683 g/mol. The molecule has 2 aromatic heterocycles. The van der Waals surface area contributed by atoms with Gasteiger partial charge in [0.2, 0.25) is 0 Å². The van der Waals surface area contributed by atoms with Crippen LogP contribution >= 0.6 is 11.6 Å². The van der Waals surface area contributed by atoms with E-state index in [0.29, 0.717) is 23.7 Å². The smallest absolute Gasteiger partial charge is 0.261 e. The van der Waals surface area contributed by atoms with Crippen molar-refractivity contribution in [3.8, 4) is 0 Å². The van der Waals surface area contributed by atoms with Crippen molar-refractivity contribution in [2.45, 2.75) is 102 Å². The highest BCUT2D eigenvalue weighted by molar-refractivity contribution is 6.99. The second-order valence-electron chi connectivity index (χ2n) is 16.7. The lowest BCUT2D eigenvalue weighted by atomic mass is 9.95. The lowest BCUT2D eigenvalue weighted by Crippen LogP contribution is -2.67. The molecule has 8 atom stereocenters. The summed E-state index contributed by atoms with van der Waals surface area (Å²) in [6.07, 6.45) is 8.01. The second-order valence-corrected chi connectivity index (χ2v) is 21.4. The number of rotatable bonds is 8. The van der Waals surface area contributed by atoms with E-state index < -0.39 is 14.1 Å². The monoisotopic (exact) mass is 682 g/mol. The Morgan fingerprint density at radius 1 is 1.00 bits per heavy atom. The number of imidazole rings is 1. The molecule has 7 nitrogen and oxygen atoms in total. The molecule has 9 heteroatoms. The summed E-state index contributed by atoms with van der Waals surface area (Å²) in [5.41, 5.74) is 1.74. The minimum absolute atomic E-state index is 0.0540. The Hall–Kier alpha value is -2.75. The van der Waals surface area contributed by atoms with Crippen LogP contribution in [-0.4, -0.2) is 53.5 Å². The molecule has 9 rings (SSSR count). The van der Waals surface area contributed by atoms with Gasteiger partial charge in [-0.25, -0.2) is 9.97 Å². The van der Waals surface area contributed by atoms with Gasteiger partial charge < -0.3 is 23.8 Å². The fourth-order valence-corrected chi connectivity index (χ4v) is 15.2. The van der Waals surface area contributed by atoms with Crippen LogP contribution in [-0.2, 0) is 13.9 Å². The van der Waals surface area contributed by atoms with Crippen LogP contribution in [0.1, 0.15) is 72.8 Å². The van der Waals surface area contributed by atoms with Crippen LogP contribution < -0.4 is 15.7 Å². The molecule has 4 aliphatic carbocycles. The highest BCUT2D eigenvalue weighted by atomic mass is 35.5. The third-order valence-corrected chi connectivity index (χ3v) is 17.7. The molecule has 48 heavy (non-hydrogen) atoms. The van der Waals surface area contributed by atoms with Crippen molar-refractivity contribution >= 4 is 47.1 Å². The van der Waals surface area contributed by atoms with Crippen molar-refractivity contribution < 1.29 is 13.9 Å². The van der Waals surface area contributed by atoms with Gasteiger partial charge >= 0.3 is 0 Å². The molecule has 1 N–H and O–H groups in total. The Morgan fingerprint density at radius 3 is 2.33 bits per heavy atom. The van der Waals surface area contributed by atoms with Crippen molar-refractivity contribution in [2.24, 2.45) is 23.2 Å². The molecule has 2 aromatic carbocycles. The topological polar surface area (TPSA) is 70.4 Å². The number of benzene rings is 2. The molecule has 252 valence electrons. The van der Waals surface area contributed by atoms with Gasteiger partial charge in [-0.05, 0) is 72.7 Å². The Labute approximate surface area is 289 Å². The molecule has 5 fully saturated rings. The minimum Gasteiger partial charge on any atom is -0.407 e. The zero-order valence-electron chi connectivity index (χ0n) is 28.7. The molecule has 0 amide bonds. The first-order valence-corrected chi connectivity index (χ1v) is 20.2. The van der Waals surface area contributed by atoms with Crippen LogP contribution in [0.3, 0.4) is 0 Å². The maximum Gasteiger partial charge on any atom is 0.261 e. The fourth-order valence-electron chi connectivity index (χ4n) is 10.4. The van der Waals surface area contributed by atoms with Gasteiger partial charge in [-0.2, -0.15) is 0 Å². The summed E-state index contributed by atoms with van der Waals surface area (Å²) < 4.78 is 23.5. The van der Waals surface area contributed by atoms with Crippen molar-refractivity contribution in [1.82, 2.24) is 14.5 Å². The molecule has 4 saturated carbocycles. The summed E-state index contributed by atoms with van der Waals surface area (Å²) in [7, 11) is -2.74.